The molecule has 2 aromatic rings. The zero-order chi connectivity index (χ0) is 13.5. The summed E-state index contributed by atoms with van der Waals surface area (Å²) < 4.78 is 23.7. The molecule has 0 saturated carbocycles. The summed E-state index contributed by atoms with van der Waals surface area (Å²) in [7, 11) is 0. The standard InChI is InChI=1S/C13H11F2N3S/c14-12(15)4-2-8-19-13-17-7-5-11(18-13)10-3-1-6-16-9-10/h1,3-7,9H,2,8H2. The van der Waals surface area contributed by atoms with Crippen molar-refractivity contribution in [2.45, 2.75) is 11.6 Å². The Morgan fingerprint density at radius 2 is 2.16 bits per heavy atom. The highest BCUT2D eigenvalue weighted by molar-refractivity contribution is 7.99. The van der Waals surface area contributed by atoms with Gasteiger partial charge in [-0.05, 0) is 30.7 Å². The van der Waals surface area contributed by atoms with Crippen molar-refractivity contribution >= 4 is 11.8 Å². The Bertz CT molecular complexity index is 557. The lowest BCUT2D eigenvalue weighted by molar-refractivity contribution is 0.418. The summed E-state index contributed by atoms with van der Waals surface area (Å²) in [5, 5.41) is 0.578. The van der Waals surface area contributed by atoms with Gasteiger partial charge in [0.2, 0.25) is 0 Å². The fourth-order valence-electron chi connectivity index (χ4n) is 1.40. The highest BCUT2D eigenvalue weighted by Crippen LogP contribution is 2.19. The molecule has 0 saturated heterocycles. The number of thioether (sulfide) groups is 1. The molecule has 0 fully saturated rings. The number of pyridine rings is 1. The predicted octanol–water partition coefficient (Wildman–Crippen LogP) is 3.80. The second-order valence-corrected chi connectivity index (χ2v) is 4.66. The third-order valence-corrected chi connectivity index (χ3v) is 3.13. The fourth-order valence-corrected chi connectivity index (χ4v) is 2.12. The molecule has 0 aromatic carbocycles. The van der Waals surface area contributed by atoms with Gasteiger partial charge in [0.25, 0.3) is 6.08 Å². The maximum Gasteiger partial charge on any atom is 0.266 e. The second kappa shape index (κ2) is 6.94. The number of aromatic nitrogens is 3. The summed E-state index contributed by atoms with van der Waals surface area (Å²) in [4.78, 5) is 12.5. The molecule has 0 bridgehead atoms. The van der Waals surface area contributed by atoms with Crippen LogP contribution in [0, 0.1) is 0 Å². The molecule has 0 N–H and O–H groups in total. The van der Waals surface area contributed by atoms with Crippen LogP contribution in [0.1, 0.15) is 6.42 Å². The van der Waals surface area contributed by atoms with Gasteiger partial charge < -0.3 is 0 Å². The highest BCUT2D eigenvalue weighted by atomic mass is 32.2. The number of rotatable bonds is 5. The average Bonchev–Trinajstić information content (AvgIpc) is 2.45. The van der Waals surface area contributed by atoms with E-state index in [-0.39, 0.29) is 0 Å². The smallest absolute Gasteiger partial charge is 0.264 e. The van der Waals surface area contributed by atoms with Crippen molar-refractivity contribution in [3.63, 3.8) is 0 Å². The minimum absolute atomic E-state index is 0.299. The van der Waals surface area contributed by atoms with Crippen LogP contribution in [0.3, 0.4) is 0 Å². The van der Waals surface area contributed by atoms with Gasteiger partial charge in [-0.15, -0.1) is 0 Å². The molecule has 0 amide bonds. The molecule has 2 rings (SSSR count). The molecule has 3 nitrogen and oxygen atoms in total. The van der Waals surface area contributed by atoms with Crippen LogP contribution in [0.15, 0.2) is 54.1 Å². The minimum Gasteiger partial charge on any atom is -0.264 e. The summed E-state index contributed by atoms with van der Waals surface area (Å²) >= 11 is 1.35. The van der Waals surface area contributed by atoms with Gasteiger partial charge in [0.05, 0.1) is 5.69 Å². The summed E-state index contributed by atoms with van der Waals surface area (Å²) in [5.41, 5.74) is 1.68. The van der Waals surface area contributed by atoms with Crippen molar-refractivity contribution in [3.05, 3.63) is 48.9 Å². The van der Waals surface area contributed by atoms with Crippen molar-refractivity contribution < 1.29 is 8.78 Å². The molecular formula is C13H11F2N3S. The van der Waals surface area contributed by atoms with Crippen molar-refractivity contribution in [2.24, 2.45) is 0 Å². The summed E-state index contributed by atoms with van der Waals surface area (Å²) in [6.45, 7) is 0. The molecule has 0 atom stereocenters. The Hall–Kier alpha value is -1.82. The minimum atomic E-state index is -1.65. The third-order valence-electron chi connectivity index (χ3n) is 2.24. The van der Waals surface area contributed by atoms with E-state index < -0.39 is 6.08 Å². The van der Waals surface area contributed by atoms with Crippen molar-refractivity contribution in [1.82, 2.24) is 15.0 Å². The van der Waals surface area contributed by atoms with Gasteiger partial charge in [0.1, 0.15) is 0 Å². The van der Waals surface area contributed by atoms with Crippen LogP contribution >= 0.6 is 11.8 Å². The molecule has 98 valence electrons. The number of hydrogen-bond donors (Lipinski definition) is 0. The molecule has 0 aliphatic rings. The van der Waals surface area contributed by atoms with Crippen LogP contribution in [0.5, 0.6) is 0 Å². The Balaban J connectivity index is 2.02. The molecule has 6 heteroatoms. The summed E-state index contributed by atoms with van der Waals surface area (Å²) in [5.74, 6) is 0.522. The molecule has 0 spiro atoms. The highest BCUT2D eigenvalue weighted by Gasteiger charge is 2.02. The quantitative estimate of drug-likeness (QED) is 0.474. The van der Waals surface area contributed by atoms with Crippen LogP contribution in [0.25, 0.3) is 11.3 Å². The number of nitrogens with zero attached hydrogens (tertiary/aromatic N) is 3. The van der Waals surface area contributed by atoms with Gasteiger partial charge in [-0.25, -0.2) is 9.97 Å². The molecule has 19 heavy (non-hydrogen) atoms. The number of allylic oxidation sites excluding steroid dienone is 1. The monoisotopic (exact) mass is 279 g/mol. The van der Waals surface area contributed by atoms with Gasteiger partial charge in [-0.1, -0.05) is 11.8 Å². The molecule has 0 aliphatic carbocycles. The van der Waals surface area contributed by atoms with E-state index in [1.54, 1.807) is 24.7 Å². The maximum absolute atomic E-state index is 11.9. The topological polar surface area (TPSA) is 38.7 Å². The molecule has 2 heterocycles. The molecular weight excluding hydrogens is 268 g/mol. The van der Waals surface area contributed by atoms with Crippen LogP contribution in [-0.4, -0.2) is 20.7 Å². The first-order chi connectivity index (χ1) is 9.25. The van der Waals surface area contributed by atoms with Crippen LogP contribution < -0.4 is 0 Å². The first-order valence-electron chi connectivity index (χ1n) is 5.63. The fraction of sp³-hybridized carbons (Fsp3) is 0.154. The number of halogens is 2. The normalized spacial score (nSPS) is 10.2. The molecule has 2 aromatic heterocycles. The van der Waals surface area contributed by atoms with E-state index in [1.807, 2.05) is 12.1 Å². The van der Waals surface area contributed by atoms with Crippen LogP contribution in [-0.2, 0) is 0 Å². The average molecular weight is 279 g/mol. The van der Waals surface area contributed by atoms with Gasteiger partial charge in [0.15, 0.2) is 5.16 Å². The van der Waals surface area contributed by atoms with Crippen molar-refractivity contribution in [3.8, 4) is 11.3 Å². The van der Waals surface area contributed by atoms with E-state index in [0.717, 1.165) is 17.3 Å². The third kappa shape index (κ3) is 4.40. The van der Waals surface area contributed by atoms with Gasteiger partial charge in [-0.3, -0.25) is 4.98 Å². The Kier molecular flexibility index (Phi) is 4.97. The van der Waals surface area contributed by atoms with E-state index in [0.29, 0.717) is 17.3 Å². The molecule has 0 radical (unpaired) electrons. The van der Waals surface area contributed by atoms with E-state index in [1.165, 1.54) is 11.8 Å². The Labute approximate surface area is 113 Å². The summed E-state index contributed by atoms with van der Waals surface area (Å²) in [6, 6.07) is 5.53. The first kappa shape index (κ1) is 13.6. The van der Waals surface area contributed by atoms with E-state index in [2.05, 4.69) is 15.0 Å². The summed E-state index contributed by atoms with van der Waals surface area (Å²) in [6.07, 6.45) is 4.62. The maximum atomic E-state index is 11.9. The van der Waals surface area contributed by atoms with Gasteiger partial charge in [-0.2, -0.15) is 8.78 Å². The largest absolute Gasteiger partial charge is 0.266 e. The predicted molar refractivity (Wildman–Crippen MR) is 70.9 cm³/mol. The van der Waals surface area contributed by atoms with E-state index in [4.69, 9.17) is 0 Å². The Morgan fingerprint density at radius 3 is 2.89 bits per heavy atom. The zero-order valence-electron chi connectivity index (χ0n) is 9.96. The Morgan fingerprint density at radius 1 is 1.26 bits per heavy atom. The SMILES string of the molecule is FC(F)=CCCSc1nccc(-c2cccnc2)n1. The lowest BCUT2D eigenvalue weighted by atomic mass is 10.2. The zero-order valence-corrected chi connectivity index (χ0v) is 10.8. The number of hydrogen-bond acceptors (Lipinski definition) is 4. The van der Waals surface area contributed by atoms with E-state index >= 15 is 0 Å². The lowest BCUT2D eigenvalue weighted by Crippen LogP contribution is -1.91. The second-order valence-electron chi connectivity index (χ2n) is 3.60. The molecule has 0 unspecified atom stereocenters. The van der Waals surface area contributed by atoms with Crippen molar-refractivity contribution in [1.29, 1.82) is 0 Å². The molecule has 0 aliphatic heterocycles. The van der Waals surface area contributed by atoms with Crippen LogP contribution in [0.4, 0.5) is 8.78 Å². The van der Waals surface area contributed by atoms with E-state index in [9.17, 15) is 8.78 Å². The van der Waals surface area contributed by atoms with Crippen molar-refractivity contribution in [2.75, 3.05) is 5.75 Å². The van der Waals surface area contributed by atoms with Gasteiger partial charge >= 0.3 is 0 Å². The van der Waals surface area contributed by atoms with Crippen LogP contribution in [0.2, 0.25) is 0 Å². The first-order valence-corrected chi connectivity index (χ1v) is 6.61. The van der Waals surface area contributed by atoms with Gasteiger partial charge in [0, 0.05) is 29.9 Å². The lowest BCUT2D eigenvalue weighted by Gasteiger charge is -2.02.